The smallest absolute Gasteiger partial charge is 0.147 e. The monoisotopic (exact) mass is 170 g/mol. The Bertz CT molecular complexity index is 122. The predicted molar refractivity (Wildman–Crippen MR) is 46.9 cm³/mol. The number of ether oxygens (including phenoxy) is 2. The van der Waals surface area contributed by atoms with E-state index in [1.165, 1.54) is 44.9 Å². The third kappa shape index (κ3) is 1.99. The van der Waals surface area contributed by atoms with Gasteiger partial charge in [0.15, 0.2) is 0 Å². The van der Waals surface area contributed by atoms with Crippen molar-refractivity contribution in [1.29, 1.82) is 0 Å². The molecule has 0 radical (unpaired) electrons. The van der Waals surface area contributed by atoms with Crippen LogP contribution in [0.1, 0.15) is 44.9 Å². The summed E-state index contributed by atoms with van der Waals surface area (Å²) < 4.78 is 11.1. The molecule has 0 aromatic carbocycles. The molecule has 0 N–H and O–H groups in total. The van der Waals surface area contributed by atoms with Gasteiger partial charge in [0, 0.05) is 0 Å². The fourth-order valence-electron chi connectivity index (χ4n) is 2.19. The molecule has 0 aromatic heterocycles. The largest absolute Gasteiger partial charge is 0.349 e. The normalized spacial score (nSPS) is 38.0. The molecule has 0 unspecified atom stereocenters. The first-order valence-electron chi connectivity index (χ1n) is 5.20. The van der Waals surface area contributed by atoms with Crippen LogP contribution in [0.25, 0.3) is 0 Å². The molecule has 70 valence electrons. The van der Waals surface area contributed by atoms with Crippen LogP contribution in [0.2, 0.25) is 0 Å². The topological polar surface area (TPSA) is 18.5 Å². The molecule has 0 bridgehead atoms. The van der Waals surface area contributed by atoms with E-state index >= 15 is 0 Å². The van der Waals surface area contributed by atoms with Crippen LogP contribution in [-0.2, 0) is 9.47 Å². The summed E-state index contributed by atoms with van der Waals surface area (Å²) >= 11 is 0. The molecule has 1 heterocycles. The minimum atomic E-state index is 0.420. The van der Waals surface area contributed by atoms with Crippen molar-refractivity contribution < 1.29 is 9.47 Å². The van der Waals surface area contributed by atoms with Crippen molar-refractivity contribution in [3.63, 3.8) is 0 Å². The highest BCUT2D eigenvalue weighted by atomic mass is 16.7. The van der Waals surface area contributed by atoms with Crippen LogP contribution >= 0.6 is 0 Å². The van der Waals surface area contributed by atoms with Crippen LogP contribution in [0, 0.1) is 0 Å². The number of hydrogen-bond acceptors (Lipinski definition) is 2. The van der Waals surface area contributed by atoms with E-state index in [2.05, 4.69) is 0 Å². The lowest BCUT2D eigenvalue weighted by atomic mass is 10.1. The molecule has 0 aromatic rings. The molecular weight excluding hydrogens is 152 g/mol. The van der Waals surface area contributed by atoms with Gasteiger partial charge in [-0.3, -0.25) is 0 Å². The summed E-state index contributed by atoms with van der Waals surface area (Å²) in [5, 5.41) is 0. The van der Waals surface area contributed by atoms with E-state index in [9.17, 15) is 0 Å². The summed E-state index contributed by atoms with van der Waals surface area (Å²) in [6.07, 6.45) is 10.1. The van der Waals surface area contributed by atoms with Crippen molar-refractivity contribution in [2.75, 3.05) is 6.79 Å². The zero-order valence-corrected chi connectivity index (χ0v) is 7.63. The summed E-state index contributed by atoms with van der Waals surface area (Å²) in [6.45, 7) is 0.537. The first-order chi connectivity index (χ1) is 5.97. The highest BCUT2D eigenvalue weighted by Crippen LogP contribution is 2.25. The molecule has 2 heteroatoms. The summed E-state index contributed by atoms with van der Waals surface area (Å²) in [7, 11) is 0. The van der Waals surface area contributed by atoms with Gasteiger partial charge >= 0.3 is 0 Å². The Balaban J connectivity index is 1.87. The molecular formula is C10H18O2. The lowest BCUT2D eigenvalue weighted by molar-refractivity contribution is 0.0354. The second-order valence-corrected chi connectivity index (χ2v) is 3.87. The third-order valence-corrected chi connectivity index (χ3v) is 2.96. The van der Waals surface area contributed by atoms with Crippen LogP contribution in [0.3, 0.4) is 0 Å². The summed E-state index contributed by atoms with van der Waals surface area (Å²) in [5.41, 5.74) is 0. The van der Waals surface area contributed by atoms with Crippen molar-refractivity contribution in [3.8, 4) is 0 Å². The van der Waals surface area contributed by atoms with Gasteiger partial charge in [-0.05, 0) is 12.8 Å². The van der Waals surface area contributed by atoms with Crippen molar-refractivity contribution in [2.45, 2.75) is 57.2 Å². The van der Waals surface area contributed by atoms with Gasteiger partial charge in [0.25, 0.3) is 0 Å². The molecule has 1 saturated carbocycles. The Labute approximate surface area is 74.2 Å². The number of hydrogen-bond donors (Lipinski definition) is 0. The van der Waals surface area contributed by atoms with Gasteiger partial charge in [-0.25, -0.2) is 0 Å². The fourth-order valence-corrected chi connectivity index (χ4v) is 2.19. The lowest BCUT2D eigenvalue weighted by Gasteiger charge is -2.14. The van der Waals surface area contributed by atoms with Gasteiger partial charge in [0.2, 0.25) is 0 Å². The van der Waals surface area contributed by atoms with Crippen LogP contribution < -0.4 is 0 Å². The van der Waals surface area contributed by atoms with Crippen molar-refractivity contribution >= 4 is 0 Å². The second kappa shape index (κ2) is 4.24. The average molecular weight is 170 g/mol. The maximum Gasteiger partial charge on any atom is 0.147 e. The third-order valence-electron chi connectivity index (χ3n) is 2.96. The standard InChI is InChI=1S/C10H18O2/c1-2-4-6-9-10(7-5-3-1)12-8-11-9/h9-10H,1-8H2/t9-,10+. The molecule has 1 saturated heterocycles. The van der Waals surface area contributed by atoms with E-state index in [1.807, 2.05) is 0 Å². The SMILES string of the molecule is C1CCC[C@@H]2OCO[C@@H]2CCC1. The van der Waals surface area contributed by atoms with Gasteiger partial charge in [0.1, 0.15) is 6.79 Å². The molecule has 2 aliphatic rings. The zero-order chi connectivity index (χ0) is 8.23. The highest BCUT2D eigenvalue weighted by Gasteiger charge is 2.28. The maximum absolute atomic E-state index is 5.53. The van der Waals surface area contributed by atoms with E-state index in [0.717, 1.165) is 0 Å². The molecule has 0 spiro atoms. The number of fused-ring (bicyclic) bond motifs is 1. The van der Waals surface area contributed by atoms with E-state index in [0.29, 0.717) is 19.0 Å². The molecule has 2 atom stereocenters. The van der Waals surface area contributed by atoms with Gasteiger partial charge in [-0.15, -0.1) is 0 Å². The first-order valence-corrected chi connectivity index (χ1v) is 5.20. The quantitative estimate of drug-likeness (QED) is 0.556. The molecule has 2 rings (SSSR count). The van der Waals surface area contributed by atoms with E-state index in [4.69, 9.17) is 9.47 Å². The maximum atomic E-state index is 5.53. The van der Waals surface area contributed by atoms with Gasteiger partial charge < -0.3 is 9.47 Å². The first kappa shape index (κ1) is 8.52. The fraction of sp³-hybridized carbons (Fsp3) is 1.00. The minimum Gasteiger partial charge on any atom is -0.349 e. The molecule has 1 aliphatic heterocycles. The molecule has 2 fully saturated rings. The van der Waals surface area contributed by atoms with Crippen molar-refractivity contribution in [3.05, 3.63) is 0 Å². The minimum absolute atomic E-state index is 0.420. The van der Waals surface area contributed by atoms with Gasteiger partial charge in [-0.2, -0.15) is 0 Å². The second-order valence-electron chi connectivity index (χ2n) is 3.87. The van der Waals surface area contributed by atoms with Gasteiger partial charge in [0.05, 0.1) is 12.2 Å². The zero-order valence-electron chi connectivity index (χ0n) is 7.63. The van der Waals surface area contributed by atoms with Crippen molar-refractivity contribution in [2.24, 2.45) is 0 Å². The molecule has 2 nitrogen and oxygen atoms in total. The summed E-state index contributed by atoms with van der Waals surface area (Å²) in [5.74, 6) is 0. The molecule has 1 aliphatic carbocycles. The Hall–Kier alpha value is -0.0800. The average Bonchev–Trinajstić information content (AvgIpc) is 2.50. The Morgan fingerprint density at radius 3 is 1.75 bits per heavy atom. The molecule has 12 heavy (non-hydrogen) atoms. The van der Waals surface area contributed by atoms with Gasteiger partial charge in [-0.1, -0.05) is 32.1 Å². The van der Waals surface area contributed by atoms with Crippen molar-refractivity contribution in [1.82, 2.24) is 0 Å². The van der Waals surface area contributed by atoms with Crippen LogP contribution in [0.15, 0.2) is 0 Å². The summed E-state index contributed by atoms with van der Waals surface area (Å²) in [6, 6.07) is 0. The van der Waals surface area contributed by atoms with E-state index in [1.54, 1.807) is 0 Å². The molecule has 0 amide bonds. The summed E-state index contributed by atoms with van der Waals surface area (Å²) in [4.78, 5) is 0. The number of rotatable bonds is 0. The predicted octanol–water partition coefficient (Wildman–Crippen LogP) is 2.47. The highest BCUT2D eigenvalue weighted by molar-refractivity contribution is 4.75. The Morgan fingerprint density at radius 2 is 1.17 bits per heavy atom. The van der Waals surface area contributed by atoms with Crippen LogP contribution in [0.5, 0.6) is 0 Å². The Kier molecular flexibility index (Phi) is 3.01. The van der Waals surface area contributed by atoms with Crippen LogP contribution in [0.4, 0.5) is 0 Å². The Morgan fingerprint density at radius 1 is 0.667 bits per heavy atom. The van der Waals surface area contributed by atoms with Crippen LogP contribution in [-0.4, -0.2) is 19.0 Å². The lowest BCUT2D eigenvalue weighted by Crippen LogP contribution is -2.21. The van der Waals surface area contributed by atoms with E-state index in [-0.39, 0.29) is 0 Å². The van der Waals surface area contributed by atoms with E-state index < -0.39 is 0 Å².